The average molecular weight is 302 g/mol. The van der Waals surface area contributed by atoms with Crippen molar-refractivity contribution in [3.8, 4) is 0 Å². The molecule has 2 rings (SSSR count). The molecular weight excluding hydrogens is 289 g/mol. The van der Waals surface area contributed by atoms with Gasteiger partial charge in [0, 0.05) is 18.7 Å². The number of hydrogen-bond acceptors (Lipinski definition) is 3. The Balaban J connectivity index is 2.25. The van der Waals surface area contributed by atoms with Crippen LogP contribution in [0.2, 0.25) is 10.0 Å². The summed E-state index contributed by atoms with van der Waals surface area (Å²) in [5.41, 5.74) is 6.20. The normalized spacial score (nSPS) is 15.9. The fraction of sp³-hybridized carbons (Fsp3) is 0.333. The number of halogens is 2. The number of nitrogens with one attached hydrogen (secondary N) is 1. The van der Waals surface area contributed by atoms with E-state index in [0.717, 1.165) is 0 Å². The maximum absolute atomic E-state index is 12.3. The zero-order valence-corrected chi connectivity index (χ0v) is 11.6. The predicted molar refractivity (Wildman–Crippen MR) is 74.4 cm³/mol. The lowest BCUT2D eigenvalue weighted by Crippen LogP contribution is -2.37. The lowest BCUT2D eigenvalue weighted by molar-refractivity contribution is -0.121. The Labute approximate surface area is 120 Å². The van der Waals surface area contributed by atoms with Crippen molar-refractivity contribution in [2.24, 2.45) is 0 Å². The second-order valence-electron chi connectivity index (χ2n) is 4.28. The quantitative estimate of drug-likeness (QED) is 0.773. The minimum absolute atomic E-state index is 0.0401. The molecule has 0 aliphatic carbocycles. The molecule has 0 bridgehead atoms. The number of hydrogen-bond donors (Lipinski definition) is 2. The summed E-state index contributed by atoms with van der Waals surface area (Å²) in [6.45, 7) is 1.13. The van der Waals surface area contributed by atoms with Crippen molar-refractivity contribution >= 4 is 40.7 Å². The molecule has 1 heterocycles. The Morgan fingerprint density at radius 2 is 1.95 bits per heavy atom. The molecule has 102 valence electrons. The summed E-state index contributed by atoms with van der Waals surface area (Å²) >= 11 is 11.8. The van der Waals surface area contributed by atoms with Crippen LogP contribution in [0.15, 0.2) is 12.1 Å². The monoisotopic (exact) mass is 301 g/mol. The van der Waals surface area contributed by atoms with Gasteiger partial charge in [0.05, 0.1) is 22.3 Å². The van der Waals surface area contributed by atoms with Gasteiger partial charge in [-0.25, -0.2) is 0 Å². The Morgan fingerprint density at radius 3 is 2.58 bits per heavy atom. The lowest BCUT2D eigenvalue weighted by Gasteiger charge is -2.19. The van der Waals surface area contributed by atoms with Crippen molar-refractivity contribution in [3.63, 3.8) is 0 Å². The van der Waals surface area contributed by atoms with Crippen LogP contribution in [-0.2, 0) is 4.79 Å². The molecular formula is C12H13Cl2N3O2. The van der Waals surface area contributed by atoms with Crippen molar-refractivity contribution in [3.05, 3.63) is 27.7 Å². The van der Waals surface area contributed by atoms with Gasteiger partial charge in [-0.1, -0.05) is 23.2 Å². The summed E-state index contributed by atoms with van der Waals surface area (Å²) in [7, 11) is 0. The number of rotatable bonds is 1. The maximum atomic E-state index is 12.3. The van der Waals surface area contributed by atoms with Crippen molar-refractivity contribution in [2.45, 2.75) is 6.42 Å². The third-order valence-electron chi connectivity index (χ3n) is 2.87. The van der Waals surface area contributed by atoms with Gasteiger partial charge in [-0.3, -0.25) is 9.59 Å². The molecule has 3 N–H and O–H groups in total. The third kappa shape index (κ3) is 3.11. The highest BCUT2D eigenvalue weighted by Gasteiger charge is 2.22. The maximum Gasteiger partial charge on any atom is 0.254 e. The van der Waals surface area contributed by atoms with Gasteiger partial charge < -0.3 is 16.0 Å². The molecule has 1 saturated heterocycles. The number of carbonyl (C=O) groups is 2. The lowest BCUT2D eigenvalue weighted by atomic mass is 10.1. The molecule has 1 aliphatic rings. The summed E-state index contributed by atoms with van der Waals surface area (Å²) in [6, 6.07) is 2.93. The first-order valence-electron chi connectivity index (χ1n) is 5.79. The van der Waals surface area contributed by atoms with E-state index in [2.05, 4.69) is 5.32 Å². The standard InChI is InChI=1S/C12H13Cl2N3O2/c13-8-4-7(5-9(14)11(8)15)12(19)17-3-1-2-16-10(18)6-17/h4-5H,1-3,6,15H2,(H,16,18). The van der Waals surface area contributed by atoms with Gasteiger partial charge in [0.15, 0.2) is 0 Å². The molecule has 1 fully saturated rings. The van der Waals surface area contributed by atoms with Gasteiger partial charge in [0.25, 0.3) is 5.91 Å². The van der Waals surface area contributed by atoms with Crippen LogP contribution < -0.4 is 11.1 Å². The highest BCUT2D eigenvalue weighted by atomic mass is 35.5. The van der Waals surface area contributed by atoms with Crippen molar-refractivity contribution in [2.75, 3.05) is 25.4 Å². The Kier molecular flexibility index (Phi) is 4.17. The van der Waals surface area contributed by atoms with Crippen LogP contribution in [-0.4, -0.2) is 36.3 Å². The molecule has 0 radical (unpaired) electrons. The Morgan fingerprint density at radius 1 is 1.32 bits per heavy atom. The average Bonchev–Trinajstić information content (AvgIpc) is 2.59. The van der Waals surface area contributed by atoms with Crippen LogP contribution in [0, 0.1) is 0 Å². The molecule has 1 aromatic rings. The minimum atomic E-state index is -0.277. The van der Waals surface area contributed by atoms with Crippen LogP contribution in [0.3, 0.4) is 0 Å². The van der Waals surface area contributed by atoms with Gasteiger partial charge >= 0.3 is 0 Å². The van der Waals surface area contributed by atoms with Crippen LogP contribution >= 0.6 is 23.2 Å². The van der Waals surface area contributed by atoms with Gasteiger partial charge in [0.2, 0.25) is 5.91 Å². The second kappa shape index (κ2) is 5.67. The largest absolute Gasteiger partial charge is 0.396 e. The molecule has 7 heteroatoms. The second-order valence-corrected chi connectivity index (χ2v) is 5.10. The number of amides is 2. The highest BCUT2D eigenvalue weighted by molar-refractivity contribution is 6.39. The van der Waals surface area contributed by atoms with E-state index < -0.39 is 0 Å². The molecule has 5 nitrogen and oxygen atoms in total. The van der Waals surface area contributed by atoms with Crippen LogP contribution in [0.1, 0.15) is 16.8 Å². The molecule has 0 unspecified atom stereocenters. The molecule has 1 aliphatic heterocycles. The zero-order chi connectivity index (χ0) is 14.0. The number of nitrogens with zero attached hydrogens (tertiary/aromatic N) is 1. The first-order chi connectivity index (χ1) is 8.99. The number of carbonyl (C=O) groups excluding carboxylic acids is 2. The third-order valence-corrected chi connectivity index (χ3v) is 3.50. The molecule has 2 amide bonds. The summed E-state index contributed by atoms with van der Waals surface area (Å²) in [6.07, 6.45) is 0.716. The van der Waals surface area contributed by atoms with Gasteiger partial charge in [0.1, 0.15) is 0 Å². The SMILES string of the molecule is Nc1c(Cl)cc(C(=O)N2CCCNC(=O)C2)cc1Cl. The van der Waals surface area contributed by atoms with E-state index in [0.29, 0.717) is 25.1 Å². The summed E-state index contributed by atoms with van der Waals surface area (Å²) in [5.74, 6) is -0.445. The van der Waals surface area contributed by atoms with E-state index in [1.165, 1.54) is 17.0 Å². The molecule has 0 saturated carbocycles. The number of nitrogen functional groups attached to an aromatic ring is 1. The van der Waals surface area contributed by atoms with Crippen molar-refractivity contribution in [1.82, 2.24) is 10.2 Å². The molecule has 1 aromatic carbocycles. The molecule has 0 atom stereocenters. The van der Waals surface area contributed by atoms with Gasteiger partial charge in [-0.05, 0) is 18.6 Å². The van der Waals surface area contributed by atoms with Crippen LogP contribution in [0.25, 0.3) is 0 Å². The van der Waals surface area contributed by atoms with Crippen LogP contribution in [0.5, 0.6) is 0 Å². The van der Waals surface area contributed by atoms with E-state index in [-0.39, 0.29) is 34.1 Å². The molecule has 0 aromatic heterocycles. The van der Waals surface area contributed by atoms with E-state index in [1.807, 2.05) is 0 Å². The number of nitrogens with two attached hydrogens (primary N) is 1. The minimum Gasteiger partial charge on any atom is -0.396 e. The predicted octanol–water partition coefficient (Wildman–Crippen LogP) is 1.54. The smallest absolute Gasteiger partial charge is 0.254 e. The van der Waals surface area contributed by atoms with Gasteiger partial charge in [-0.15, -0.1) is 0 Å². The topological polar surface area (TPSA) is 75.4 Å². The number of benzene rings is 1. The van der Waals surface area contributed by atoms with Gasteiger partial charge in [-0.2, -0.15) is 0 Å². The van der Waals surface area contributed by atoms with Crippen molar-refractivity contribution in [1.29, 1.82) is 0 Å². The first-order valence-corrected chi connectivity index (χ1v) is 6.55. The summed E-state index contributed by atoms with van der Waals surface area (Å²) in [5, 5.41) is 3.17. The fourth-order valence-corrected chi connectivity index (χ4v) is 2.36. The first kappa shape index (κ1) is 14.0. The van der Waals surface area contributed by atoms with E-state index in [9.17, 15) is 9.59 Å². The Hall–Kier alpha value is -1.46. The van der Waals surface area contributed by atoms with Crippen LogP contribution in [0.4, 0.5) is 5.69 Å². The molecule has 0 spiro atoms. The Bertz CT molecular complexity index is 511. The summed E-state index contributed by atoms with van der Waals surface area (Å²) in [4.78, 5) is 25.2. The fourth-order valence-electron chi connectivity index (χ4n) is 1.87. The van der Waals surface area contributed by atoms with E-state index in [1.54, 1.807) is 0 Å². The zero-order valence-electron chi connectivity index (χ0n) is 10.1. The summed E-state index contributed by atoms with van der Waals surface area (Å²) < 4.78 is 0. The van der Waals surface area contributed by atoms with E-state index >= 15 is 0 Å². The van der Waals surface area contributed by atoms with E-state index in [4.69, 9.17) is 28.9 Å². The number of anilines is 1. The highest BCUT2D eigenvalue weighted by Crippen LogP contribution is 2.29. The molecule has 19 heavy (non-hydrogen) atoms. The van der Waals surface area contributed by atoms with Crippen molar-refractivity contribution < 1.29 is 9.59 Å².